The van der Waals surface area contributed by atoms with Gasteiger partial charge in [-0.3, -0.25) is 4.57 Å². The lowest BCUT2D eigenvalue weighted by molar-refractivity contribution is 0.367. The highest BCUT2D eigenvalue weighted by Gasteiger charge is 2.18. The van der Waals surface area contributed by atoms with Gasteiger partial charge in [0.15, 0.2) is 5.16 Å². The van der Waals surface area contributed by atoms with Gasteiger partial charge in [0.1, 0.15) is 17.9 Å². The molecule has 0 aliphatic rings. The van der Waals surface area contributed by atoms with Crippen LogP contribution in [0.4, 0.5) is 0 Å². The van der Waals surface area contributed by atoms with E-state index >= 15 is 0 Å². The van der Waals surface area contributed by atoms with Crippen LogP contribution < -0.4 is 4.74 Å². The van der Waals surface area contributed by atoms with Crippen molar-refractivity contribution in [1.29, 1.82) is 0 Å². The molecule has 0 saturated heterocycles. The van der Waals surface area contributed by atoms with E-state index in [1.165, 1.54) is 11.8 Å². The minimum atomic E-state index is 0.437. The summed E-state index contributed by atoms with van der Waals surface area (Å²) in [5.74, 6) is 1.33. The molecule has 0 aliphatic carbocycles. The van der Waals surface area contributed by atoms with Gasteiger partial charge in [0.25, 0.3) is 5.95 Å². The number of para-hydroxylation sites is 1. The third-order valence-corrected chi connectivity index (χ3v) is 3.59. The molecule has 0 bridgehead atoms. The standard InChI is InChI=1S/C13H14N6OS/c1-4-8-20-10-7-5-6-9-11(10)14-13(21-3)19(9)12-15-16-17-18(12)2/h4-7H,1,8H2,2-3H3. The van der Waals surface area contributed by atoms with Crippen molar-refractivity contribution in [3.63, 3.8) is 0 Å². The SMILES string of the molecule is C=CCOc1cccc2c1nc(SC)n2-c1nnnn1C. The molecule has 0 aliphatic heterocycles. The van der Waals surface area contributed by atoms with Crippen LogP contribution in [-0.4, -0.2) is 42.6 Å². The number of aryl methyl sites for hydroxylation is 1. The largest absolute Gasteiger partial charge is 0.487 e. The van der Waals surface area contributed by atoms with E-state index in [-0.39, 0.29) is 0 Å². The van der Waals surface area contributed by atoms with Crippen molar-refractivity contribution in [2.45, 2.75) is 5.16 Å². The topological polar surface area (TPSA) is 70.7 Å². The third-order valence-electron chi connectivity index (χ3n) is 2.95. The van der Waals surface area contributed by atoms with Crippen LogP contribution >= 0.6 is 11.8 Å². The number of fused-ring (bicyclic) bond motifs is 1. The molecule has 1 aromatic carbocycles. The van der Waals surface area contributed by atoms with Crippen molar-refractivity contribution in [3.05, 3.63) is 30.9 Å². The summed E-state index contributed by atoms with van der Waals surface area (Å²) in [6, 6.07) is 5.78. The van der Waals surface area contributed by atoms with Gasteiger partial charge in [-0.25, -0.2) is 9.67 Å². The normalized spacial score (nSPS) is 11.0. The zero-order chi connectivity index (χ0) is 14.8. The monoisotopic (exact) mass is 302 g/mol. The van der Waals surface area contributed by atoms with E-state index in [2.05, 4.69) is 27.1 Å². The summed E-state index contributed by atoms with van der Waals surface area (Å²) in [4.78, 5) is 4.64. The van der Waals surface area contributed by atoms with Crippen LogP contribution in [0.15, 0.2) is 36.0 Å². The van der Waals surface area contributed by atoms with Crippen LogP contribution in [-0.2, 0) is 7.05 Å². The lowest BCUT2D eigenvalue weighted by Crippen LogP contribution is -2.05. The smallest absolute Gasteiger partial charge is 0.256 e. The van der Waals surface area contributed by atoms with Gasteiger partial charge in [0, 0.05) is 7.05 Å². The maximum Gasteiger partial charge on any atom is 0.256 e. The molecule has 0 saturated carbocycles. The second-order valence-corrected chi connectivity index (χ2v) is 5.03. The van der Waals surface area contributed by atoms with Crippen LogP contribution in [0.2, 0.25) is 0 Å². The van der Waals surface area contributed by atoms with Crippen LogP contribution in [0, 0.1) is 0 Å². The number of hydrogen-bond donors (Lipinski definition) is 0. The van der Waals surface area contributed by atoms with Gasteiger partial charge in [-0.2, -0.15) is 0 Å². The summed E-state index contributed by atoms with van der Waals surface area (Å²) in [7, 11) is 1.79. The molecule has 108 valence electrons. The Bertz CT molecular complexity index is 793. The fourth-order valence-electron chi connectivity index (χ4n) is 2.06. The molecule has 0 amide bonds. The minimum Gasteiger partial charge on any atom is -0.487 e. The Labute approximate surface area is 125 Å². The first-order chi connectivity index (χ1) is 10.3. The van der Waals surface area contributed by atoms with Crippen molar-refractivity contribution in [2.24, 2.45) is 7.05 Å². The summed E-state index contributed by atoms with van der Waals surface area (Å²) in [5, 5.41) is 12.4. The summed E-state index contributed by atoms with van der Waals surface area (Å²) in [6.45, 7) is 4.10. The molecule has 0 fully saturated rings. The highest BCUT2D eigenvalue weighted by atomic mass is 32.2. The van der Waals surface area contributed by atoms with Gasteiger partial charge in [-0.15, -0.1) is 0 Å². The number of nitrogens with zero attached hydrogens (tertiary/aromatic N) is 6. The number of benzene rings is 1. The summed E-state index contributed by atoms with van der Waals surface area (Å²) >= 11 is 1.53. The van der Waals surface area contributed by atoms with Crippen LogP contribution in [0.25, 0.3) is 17.0 Å². The zero-order valence-electron chi connectivity index (χ0n) is 11.7. The highest BCUT2D eigenvalue weighted by Crippen LogP contribution is 2.31. The molecule has 0 spiro atoms. The van der Waals surface area contributed by atoms with Crippen LogP contribution in [0.3, 0.4) is 0 Å². The first kappa shape index (κ1) is 13.6. The van der Waals surface area contributed by atoms with Crippen LogP contribution in [0.5, 0.6) is 5.75 Å². The zero-order valence-corrected chi connectivity index (χ0v) is 12.5. The molecule has 2 aromatic heterocycles. The Morgan fingerprint density at radius 3 is 2.95 bits per heavy atom. The third kappa shape index (κ3) is 2.27. The number of imidazole rings is 1. The lowest BCUT2D eigenvalue weighted by atomic mass is 10.3. The molecule has 3 rings (SSSR count). The molecule has 21 heavy (non-hydrogen) atoms. The number of ether oxygens (including phenoxy) is 1. The second-order valence-electron chi connectivity index (χ2n) is 4.26. The highest BCUT2D eigenvalue weighted by molar-refractivity contribution is 7.98. The molecule has 7 nitrogen and oxygen atoms in total. The summed E-state index contributed by atoms with van der Waals surface area (Å²) < 4.78 is 9.19. The number of aromatic nitrogens is 6. The Morgan fingerprint density at radius 1 is 1.43 bits per heavy atom. The minimum absolute atomic E-state index is 0.437. The van der Waals surface area contributed by atoms with E-state index in [9.17, 15) is 0 Å². The maximum absolute atomic E-state index is 5.67. The number of rotatable bonds is 5. The van der Waals surface area contributed by atoms with E-state index in [0.29, 0.717) is 12.6 Å². The number of hydrogen-bond acceptors (Lipinski definition) is 6. The van der Waals surface area contributed by atoms with Crippen molar-refractivity contribution < 1.29 is 4.74 Å². The molecule has 0 unspecified atom stereocenters. The quantitative estimate of drug-likeness (QED) is 0.529. The molecular weight excluding hydrogens is 288 g/mol. The van der Waals surface area contributed by atoms with Gasteiger partial charge in [0.2, 0.25) is 0 Å². The van der Waals surface area contributed by atoms with E-state index in [0.717, 1.165) is 21.9 Å². The van der Waals surface area contributed by atoms with Crippen LogP contribution in [0.1, 0.15) is 0 Å². The number of thioether (sulfide) groups is 1. The van der Waals surface area contributed by atoms with Crippen molar-refractivity contribution in [1.82, 2.24) is 29.8 Å². The van der Waals surface area contributed by atoms with Crippen molar-refractivity contribution >= 4 is 22.8 Å². The summed E-state index contributed by atoms with van der Waals surface area (Å²) in [5.41, 5.74) is 1.69. The fourth-order valence-corrected chi connectivity index (χ4v) is 2.61. The maximum atomic E-state index is 5.67. The second kappa shape index (κ2) is 5.57. The van der Waals surface area contributed by atoms with Crippen molar-refractivity contribution in [3.8, 4) is 11.7 Å². The van der Waals surface area contributed by atoms with Gasteiger partial charge in [-0.1, -0.05) is 35.6 Å². The van der Waals surface area contributed by atoms with E-state index < -0.39 is 0 Å². The van der Waals surface area contributed by atoms with Gasteiger partial charge in [0.05, 0.1) is 5.52 Å². The molecule has 2 heterocycles. The Morgan fingerprint density at radius 2 is 2.29 bits per heavy atom. The Hall–Kier alpha value is -2.35. The predicted molar refractivity (Wildman–Crippen MR) is 80.9 cm³/mol. The van der Waals surface area contributed by atoms with Crippen molar-refractivity contribution in [2.75, 3.05) is 12.9 Å². The fraction of sp³-hybridized carbons (Fsp3) is 0.231. The Balaban J connectivity index is 2.24. The number of tetrazole rings is 1. The average molecular weight is 302 g/mol. The van der Waals surface area contributed by atoms with E-state index in [1.54, 1.807) is 17.8 Å². The first-order valence-corrected chi connectivity index (χ1v) is 7.50. The lowest BCUT2D eigenvalue weighted by Gasteiger charge is -2.06. The predicted octanol–water partition coefficient (Wildman–Crippen LogP) is 1.84. The molecular formula is C13H14N6OS. The molecule has 0 radical (unpaired) electrons. The summed E-state index contributed by atoms with van der Waals surface area (Å²) in [6.07, 6.45) is 3.67. The van der Waals surface area contributed by atoms with Gasteiger partial charge in [-0.05, 0) is 28.8 Å². The molecule has 0 atom stereocenters. The van der Waals surface area contributed by atoms with Gasteiger partial charge < -0.3 is 4.74 Å². The molecule has 8 heteroatoms. The average Bonchev–Trinajstić information content (AvgIpc) is 3.07. The Kier molecular flexibility index (Phi) is 3.61. The van der Waals surface area contributed by atoms with Gasteiger partial charge >= 0.3 is 0 Å². The van der Waals surface area contributed by atoms with E-state index in [1.807, 2.05) is 29.0 Å². The molecule has 0 N–H and O–H groups in total. The first-order valence-electron chi connectivity index (χ1n) is 6.28. The van der Waals surface area contributed by atoms with E-state index in [4.69, 9.17) is 4.74 Å². The molecule has 3 aromatic rings.